The van der Waals surface area contributed by atoms with Crippen molar-refractivity contribution in [2.24, 2.45) is 0 Å². The van der Waals surface area contributed by atoms with Crippen LogP contribution in [0.5, 0.6) is 0 Å². The van der Waals surface area contributed by atoms with Crippen LogP contribution < -0.4 is 0 Å². The van der Waals surface area contributed by atoms with E-state index in [1.807, 2.05) is 0 Å². The number of rotatable bonds is 0. The number of nitrogens with one attached hydrogen (secondary N) is 1. The van der Waals surface area contributed by atoms with Gasteiger partial charge in [-0.2, -0.15) is 0 Å². The lowest BCUT2D eigenvalue weighted by atomic mass is 10.8. The highest BCUT2D eigenvalue weighted by Gasteiger charge is 1.91. The van der Waals surface area contributed by atoms with E-state index in [9.17, 15) is 0 Å². The maximum absolute atomic E-state index is 4.80. The van der Waals surface area contributed by atoms with Crippen LogP contribution in [0, 0.1) is 4.64 Å². The van der Waals surface area contributed by atoms with Crippen LogP contribution in [0.25, 0.3) is 5.65 Å². The van der Waals surface area contributed by atoms with Crippen LogP contribution in [0.4, 0.5) is 0 Å². The van der Waals surface area contributed by atoms with Crippen LogP contribution in [0.15, 0.2) is 12.4 Å². The largest absolute Gasteiger partial charge is 0.263 e. The van der Waals surface area contributed by atoms with E-state index in [0.29, 0.717) is 10.3 Å². The summed E-state index contributed by atoms with van der Waals surface area (Å²) in [6.45, 7) is 0. The molecule has 2 aromatic rings. The van der Waals surface area contributed by atoms with Crippen LogP contribution >= 0.6 is 12.2 Å². The molecule has 2 rings (SSSR count). The van der Waals surface area contributed by atoms with E-state index in [1.54, 1.807) is 12.4 Å². The van der Waals surface area contributed by atoms with Gasteiger partial charge in [-0.1, -0.05) is 12.2 Å². The van der Waals surface area contributed by atoms with Crippen molar-refractivity contribution >= 4 is 17.9 Å². The van der Waals surface area contributed by atoms with Gasteiger partial charge >= 0.3 is 0 Å². The van der Waals surface area contributed by atoms with E-state index < -0.39 is 0 Å². The van der Waals surface area contributed by atoms with Gasteiger partial charge in [-0.3, -0.25) is 5.10 Å². The van der Waals surface area contributed by atoms with Gasteiger partial charge in [0.05, 0.1) is 12.4 Å². The van der Waals surface area contributed by atoms with E-state index in [4.69, 9.17) is 12.2 Å². The Labute approximate surface area is 60.7 Å². The molecule has 0 aliphatic rings. The zero-order chi connectivity index (χ0) is 6.97. The Morgan fingerprint density at radius 2 is 2.40 bits per heavy atom. The SMILES string of the molecule is S=c1cnc2cnnn2[nH]1. The predicted octanol–water partition coefficient (Wildman–Crippen LogP) is 0.182. The van der Waals surface area contributed by atoms with Gasteiger partial charge in [-0.15, -0.1) is 9.73 Å². The van der Waals surface area contributed by atoms with E-state index in [0.717, 1.165) is 0 Å². The molecule has 2 aromatic heterocycles. The van der Waals surface area contributed by atoms with E-state index >= 15 is 0 Å². The molecule has 10 heavy (non-hydrogen) atoms. The average Bonchev–Trinajstić information content (AvgIpc) is 2.33. The summed E-state index contributed by atoms with van der Waals surface area (Å²) < 4.78 is 1.96. The quantitative estimate of drug-likeness (QED) is 0.548. The third kappa shape index (κ3) is 0.695. The Morgan fingerprint density at radius 3 is 3.30 bits per heavy atom. The van der Waals surface area contributed by atoms with Crippen LogP contribution in [0.1, 0.15) is 0 Å². The van der Waals surface area contributed by atoms with Gasteiger partial charge in [0.25, 0.3) is 0 Å². The first-order chi connectivity index (χ1) is 4.86. The lowest BCUT2D eigenvalue weighted by molar-refractivity contribution is 0.727. The van der Waals surface area contributed by atoms with Crippen molar-refractivity contribution in [3.8, 4) is 0 Å². The zero-order valence-corrected chi connectivity index (χ0v) is 5.67. The van der Waals surface area contributed by atoms with Gasteiger partial charge in [0.15, 0.2) is 5.65 Å². The minimum atomic E-state index is 0.540. The molecule has 0 unspecified atom stereocenters. The second-order valence-electron chi connectivity index (χ2n) is 1.74. The maximum atomic E-state index is 4.80. The highest BCUT2D eigenvalue weighted by Crippen LogP contribution is 1.89. The van der Waals surface area contributed by atoms with E-state index in [1.165, 1.54) is 4.63 Å². The fourth-order valence-corrected chi connectivity index (χ4v) is 0.794. The lowest BCUT2D eigenvalue weighted by Gasteiger charge is -1.86. The molecular weight excluding hydrogens is 150 g/mol. The molecule has 5 nitrogen and oxygen atoms in total. The number of fused-ring (bicyclic) bond motifs is 1. The lowest BCUT2D eigenvalue weighted by Crippen LogP contribution is -1.94. The van der Waals surface area contributed by atoms with Crippen molar-refractivity contribution < 1.29 is 0 Å². The molecule has 0 aliphatic heterocycles. The van der Waals surface area contributed by atoms with Gasteiger partial charge in [0.2, 0.25) is 0 Å². The van der Waals surface area contributed by atoms with Crippen molar-refractivity contribution in [3.63, 3.8) is 0 Å². The number of hydrogen-bond acceptors (Lipinski definition) is 4. The molecule has 6 heteroatoms. The first-order valence-corrected chi connectivity index (χ1v) is 3.03. The molecule has 0 saturated heterocycles. The Morgan fingerprint density at radius 1 is 1.50 bits per heavy atom. The molecule has 0 amide bonds. The van der Waals surface area contributed by atoms with Crippen molar-refractivity contribution in [1.29, 1.82) is 0 Å². The third-order valence-corrected chi connectivity index (χ3v) is 1.26. The average molecular weight is 153 g/mol. The maximum Gasteiger partial charge on any atom is 0.194 e. The first kappa shape index (κ1) is 5.48. The smallest absolute Gasteiger partial charge is 0.194 e. The highest BCUT2D eigenvalue weighted by atomic mass is 32.1. The molecule has 50 valence electrons. The molecule has 0 saturated carbocycles. The molecule has 0 aliphatic carbocycles. The van der Waals surface area contributed by atoms with Crippen LogP contribution in [0.3, 0.4) is 0 Å². The summed E-state index contributed by atoms with van der Waals surface area (Å²) in [5.41, 5.74) is 0.661. The molecule has 0 spiro atoms. The summed E-state index contributed by atoms with van der Waals surface area (Å²) in [6, 6.07) is 0. The summed E-state index contributed by atoms with van der Waals surface area (Å²) in [4.78, 5) is 3.94. The fourth-order valence-electron chi connectivity index (χ4n) is 0.655. The molecule has 0 atom stereocenters. The highest BCUT2D eigenvalue weighted by molar-refractivity contribution is 7.71. The number of nitrogens with zero attached hydrogens (tertiary/aromatic N) is 4. The Bertz CT molecular complexity index is 401. The predicted molar refractivity (Wildman–Crippen MR) is 36.0 cm³/mol. The van der Waals surface area contributed by atoms with Gasteiger partial charge in [0, 0.05) is 0 Å². The summed E-state index contributed by atoms with van der Waals surface area (Å²) in [5.74, 6) is 0. The number of H-pyrrole nitrogens is 1. The number of hydrogen-bond donors (Lipinski definition) is 1. The van der Waals surface area contributed by atoms with Crippen LogP contribution in [-0.4, -0.2) is 25.0 Å². The summed E-state index contributed by atoms with van der Waals surface area (Å²) in [6.07, 6.45) is 3.10. The molecule has 2 heterocycles. The van der Waals surface area contributed by atoms with Crippen molar-refractivity contribution in [1.82, 2.24) is 25.0 Å². The minimum absolute atomic E-state index is 0.540. The molecule has 0 bridgehead atoms. The molecular formula is C4H3N5S. The van der Waals surface area contributed by atoms with Crippen molar-refractivity contribution in [3.05, 3.63) is 17.0 Å². The monoisotopic (exact) mass is 153 g/mol. The number of aromatic nitrogens is 5. The zero-order valence-electron chi connectivity index (χ0n) is 4.85. The second kappa shape index (κ2) is 1.84. The summed E-state index contributed by atoms with van der Waals surface area (Å²) in [5, 5.41) is 10.0. The van der Waals surface area contributed by atoms with Gasteiger partial charge in [0.1, 0.15) is 4.64 Å². The van der Waals surface area contributed by atoms with Gasteiger partial charge in [-0.05, 0) is 5.21 Å². The summed E-state index contributed by atoms with van der Waals surface area (Å²) >= 11 is 4.80. The van der Waals surface area contributed by atoms with Gasteiger partial charge < -0.3 is 0 Å². The standard InChI is InChI=1S/C4H3N5S/c10-4-2-5-3-1-6-8-9(3)7-4/h1-2H,(H,7,10). The minimum Gasteiger partial charge on any atom is -0.263 e. The number of aromatic amines is 1. The summed E-state index contributed by atoms with van der Waals surface area (Å²) in [7, 11) is 0. The second-order valence-corrected chi connectivity index (χ2v) is 2.18. The molecule has 0 radical (unpaired) electrons. The van der Waals surface area contributed by atoms with Crippen LogP contribution in [-0.2, 0) is 0 Å². The molecule has 0 fully saturated rings. The van der Waals surface area contributed by atoms with Gasteiger partial charge in [-0.25, -0.2) is 4.98 Å². The normalized spacial score (nSPS) is 10.4. The van der Waals surface area contributed by atoms with Crippen LogP contribution in [0.2, 0.25) is 0 Å². The van der Waals surface area contributed by atoms with Crippen molar-refractivity contribution in [2.45, 2.75) is 0 Å². The first-order valence-electron chi connectivity index (χ1n) is 2.62. The fraction of sp³-hybridized carbons (Fsp3) is 0. The Balaban J connectivity index is 2.99. The Kier molecular flexibility index (Phi) is 1.01. The molecule has 1 N–H and O–H groups in total. The third-order valence-electron chi connectivity index (χ3n) is 1.06. The van der Waals surface area contributed by atoms with E-state index in [2.05, 4.69) is 20.4 Å². The van der Waals surface area contributed by atoms with E-state index in [-0.39, 0.29) is 0 Å². The Hall–Kier alpha value is -1.30. The molecule has 0 aromatic carbocycles. The van der Waals surface area contributed by atoms with Crippen molar-refractivity contribution in [2.75, 3.05) is 0 Å². The topological polar surface area (TPSA) is 58.9 Å².